The van der Waals surface area contributed by atoms with Gasteiger partial charge in [0.05, 0.1) is 0 Å². The third kappa shape index (κ3) is 3.54. The van der Waals surface area contributed by atoms with Crippen LogP contribution in [0.2, 0.25) is 0 Å². The van der Waals surface area contributed by atoms with Crippen LogP contribution in [0, 0.1) is 11.6 Å². The first-order chi connectivity index (χ1) is 9.06. The van der Waals surface area contributed by atoms with E-state index in [2.05, 4.69) is 17.9 Å². The summed E-state index contributed by atoms with van der Waals surface area (Å²) < 4.78 is 26.1. The van der Waals surface area contributed by atoms with Crippen LogP contribution in [0.3, 0.4) is 0 Å². The molecule has 98 valence electrons. The van der Waals surface area contributed by atoms with Gasteiger partial charge in [-0.25, -0.2) is 8.78 Å². The Balaban J connectivity index is 2.04. The molecule has 0 aliphatic carbocycles. The molecule has 0 saturated carbocycles. The van der Waals surface area contributed by atoms with E-state index in [9.17, 15) is 13.6 Å². The average Bonchev–Trinajstić information content (AvgIpc) is 2.37. The highest BCUT2D eigenvalue weighted by Gasteiger charge is 2.08. The van der Waals surface area contributed by atoms with Crippen LogP contribution in [0.1, 0.15) is 15.9 Å². The molecule has 1 N–H and O–H groups in total. The van der Waals surface area contributed by atoms with Crippen LogP contribution in [-0.4, -0.2) is 5.91 Å². The molecule has 19 heavy (non-hydrogen) atoms. The van der Waals surface area contributed by atoms with Gasteiger partial charge in [0, 0.05) is 28.6 Å². The van der Waals surface area contributed by atoms with E-state index in [0.717, 1.165) is 12.1 Å². The normalized spacial score (nSPS) is 10.3. The van der Waals surface area contributed by atoms with Crippen molar-refractivity contribution < 1.29 is 13.6 Å². The Morgan fingerprint density at radius 3 is 2.63 bits per heavy atom. The number of carbonyl (C=O) groups is 1. The van der Waals surface area contributed by atoms with Gasteiger partial charge in [-0.1, -0.05) is 12.1 Å². The molecule has 0 fully saturated rings. The molecule has 2 aromatic rings. The molecule has 0 spiro atoms. The lowest BCUT2D eigenvalue weighted by Gasteiger charge is -2.07. The molecule has 0 radical (unpaired) electrons. The highest BCUT2D eigenvalue weighted by molar-refractivity contribution is 7.80. The molecule has 0 aromatic heterocycles. The fourth-order valence-corrected chi connectivity index (χ4v) is 1.81. The van der Waals surface area contributed by atoms with Crippen LogP contribution in [0.5, 0.6) is 0 Å². The number of nitrogens with one attached hydrogen (secondary N) is 1. The summed E-state index contributed by atoms with van der Waals surface area (Å²) in [6, 6.07) is 9.94. The van der Waals surface area contributed by atoms with Crippen molar-refractivity contribution >= 4 is 18.5 Å². The highest BCUT2D eigenvalue weighted by Crippen LogP contribution is 2.11. The zero-order valence-electron chi connectivity index (χ0n) is 9.86. The van der Waals surface area contributed by atoms with E-state index in [1.54, 1.807) is 24.3 Å². The first-order valence-corrected chi connectivity index (χ1v) is 6.02. The van der Waals surface area contributed by atoms with Crippen molar-refractivity contribution in [2.45, 2.75) is 11.4 Å². The largest absolute Gasteiger partial charge is 0.348 e. The highest BCUT2D eigenvalue weighted by atomic mass is 32.1. The monoisotopic (exact) mass is 279 g/mol. The number of rotatable bonds is 3. The first-order valence-electron chi connectivity index (χ1n) is 5.57. The Labute approximate surface area is 114 Å². The zero-order valence-corrected chi connectivity index (χ0v) is 10.8. The Hall–Kier alpha value is -1.88. The summed E-state index contributed by atoms with van der Waals surface area (Å²) in [6.45, 7) is 0.00173. The lowest BCUT2D eigenvalue weighted by Crippen LogP contribution is -2.23. The number of halogens is 2. The topological polar surface area (TPSA) is 29.1 Å². The molecule has 5 heteroatoms. The molecule has 0 heterocycles. The average molecular weight is 279 g/mol. The summed E-state index contributed by atoms with van der Waals surface area (Å²) in [6.07, 6.45) is 0. The van der Waals surface area contributed by atoms with Gasteiger partial charge in [-0.3, -0.25) is 4.79 Å². The minimum Gasteiger partial charge on any atom is -0.348 e. The summed E-state index contributed by atoms with van der Waals surface area (Å²) in [4.78, 5) is 12.5. The van der Waals surface area contributed by atoms with Gasteiger partial charge in [0.1, 0.15) is 11.6 Å². The van der Waals surface area contributed by atoms with Crippen molar-refractivity contribution in [3.63, 3.8) is 0 Å². The Morgan fingerprint density at radius 2 is 1.95 bits per heavy atom. The van der Waals surface area contributed by atoms with Crippen LogP contribution in [0.4, 0.5) is 8.78 Å². The third-order valence-corrected chi connectivity index (χ3v) is 2.84. The van der Waals surface area contributed by atoms with Gasteiger partial charge in [-0.05, 0) is 24.3 Å². The summed E-state index contributed by atoms with van der Waals surface area (Å²) in [5.41, 5.74) is 0.673. The van der Waals surface area contributed by atoms with Gasteiger partial charge in [0.15, 0.2) is 0 Å². The van der Waals surface area contributed by atoms with Crippen LogP contribution in [-0.2, 0) is 6.54 Å². The van der Waals surface area contributed by atoms with Gasteiger partial charge >= 0.3 is 0 Å². The number of benzene rings is 2. The van der Waals surface area contributed by atoms with Crippen LogP contribution in [0.15, 0.2) is 47.4 Å². The maximum absolute atomic E-state index is 13.4. The second kappa shape index (κ2) is 5.84. The van der Waals surface area contributed by atoms with Crippen molar-refractivity contribution in [3.8, 4) is 0 Å². The molecule has 0 saturated heterocycles. The van der Waals surface area contributed by atoms with Crippen molar-refractivity contribution in [3.05, 3.63) is 65.2 Å². The van der Waals surface area contributed by atoms with Crippen molar-refractivity contribution in [2.24, 2.45) is 0 Å². The molecule has 0 bridgehead atoms. The van der Waals surface area contributed by atoms with E-state index in [1.807, 2.05) is 0 Å². The molecule has 0 aliphatic heterocycles. The number of hydrogen-bond acceptors (Lipinski definition) is 2. The third-order valence-electron chi connectivity index (χ3n) is 2.56. The maximum atomic E-state index is 13.4. The minimum absolute atomic E-state index is 0.00173. The number of hydrogen-bond donors (Lipinski definition) is 2. The SMILES string of the molecule is O=C(NCc1ccc(F)cc1F)c1cccc(S)c1. The molecule has 1 amide bonds. The molecular weight excluding hydrogens is 268 g/mol. The van der Waals surface area contributed by atoms with E-state index >= 15 is 0 Å². The molecule has 2 aromatic carbocycles. The van der Waals surface area contributed by atoms with Gasteiger partial charge < -0.3 is 5.32 Å². The maximum Gasteiger partial charge on any atom is 0.251 e. The van der Waals surface area contributed by atoms with Gasteiger partial charge in [0.2, 0.25) is 0 Å². The Bertz CT molecular complexity index is 616. The van der Waals surface area contributed by atoms with Crippen molar-refractivity contribution in [1.29, 1.82) is 0 Å². The van der Waals surface area contributed by atoms with E-state index < -0.39 is 11.6 Å². The Kier molecular flexibility index (Phi) is 4.16. The quantitative estimate of drug-likeness (QED) is 0.830. The van der Waals surface area contributed by atoms with Crippen molar-refractivity contribution in [2.75, 3.05) is 0 Å². The van der Waals surface area contributed by atoms with E-state index in [-0.39, 0.29) is 18.0 Å². The molecule has 0 unspecified atom stereocenters. The predicted molar refractivity (Wildman–Crippen MR) is 71.2 cm³/mol. The predicted octanol–water partition coefficient (Wildman–Crippen LogP) is 3.18. The molecule has 2 nitrogen and oxygen atoms in total. The number of thiol groups is 1. The van der Waals surface area contributed by atoms with E-state index in [4.69, 9.17) is 0 Å². The van der Waals surface area contributed by atoms with Gasteiger partial charge in [-0.15, -0.1) is 12.6 Å². The lowest BCUT2D eigenvalue weighted by atomic mass is 10.2. The summed E-state index contributed by atoms with van der Waals surface area (Å²) in [5.74, 6) is -1.65. The second-order valence-corrected chi connectivity index (χ2v) is 4.49. The van der Waals surface area contributed by atoms with E-state index in [0.29, 0.717) is 10.5 Å². The summed E-state index contributed by atoms with van der Waals surface area (Å²) in [7, 11) is 0. The molecule has 0 atom stereocenters. The number of carbonyl (C=O) groups excluding carboxylic acids is 1. The first kappa shape index (κ1) is 13.5. The van der Waals surface area contributed by atoms with Crippen LogP contribution >= 0.6 is 12.6 Å². The van der Waals surface area contributed by atoms with Crippen LogP contribution in [0.25, 0.3) is 0 Å². The summed E-state index contributed by atoms with van der Waals surface area (Å²) in [5, 5.41) is 2.57. The lowest BCUT2D eigenvalue weighted by molar-refractivity contribution is 0.0950. The summed E-state index contributed by atoms with van der Waals surface area (Å²) >= 11 is 4.13. The smallest absolute Gasteiger partial charge is 0.251 e. The fraction of sp³-hybridized carbons (Fsp3) is 0.0714. The molecular formula is C14H11F2NOS. The standard InChI is InChI=1S/C14H11F2NOS/c15-11-5-4-10(13(16)7-11)8-17-14(18)9-2-1-3-12(19)6-9/h1-7,19H,8H2,(H,17,18). The van der Waals surface area contributed by atoms with Gasteiger partial charge in [0.25, 0.3) is 5.91 Å². The van der Waals surface area contributed by atoms with Gasteiger partial charge in [-0.2, -0.15) is 0 Å². The van der Waals surface area contributed by atoms with Crippen molar-refractivity contribution in [1.82, 2.24) is 5.32 Å². The number of amides is 1. The molecule has 2 rings (SSSR count). The fourth-order valence-electron chi connectivity index (χ4n) is 1.59. The molecule has 0 aliphatic rings. The zero-order chi connectivity index (χ0) is 13.8. The second-order valence-electron chi connectivity index (χ2n) is 3.97. The minimum atomic E-state index is -0.678. The van der Waals surface area contributed by atoms with Crippen LogP contribution < -0.4 is 5.32 Å². The Morgan fingerprint density at radius 1 is 1.16 bits per heavy atom. The van der Waals surface area contributed by atoms with E-state index in [1.165, 1.54) is 6.07 Å².